The van der Waals surface area contributed by atoms with Gasteiger partial charge in [-0.05, 0) is 80.5 Å². The summed E-state index contributed by atoms with van der Waals surface area (Å²) in [4.78, 5) is 29.3. The molecule has 0 spiro atoms. The van der Waals surface area contributed by atoms with E-state index in [4.69, 9.17) is 10.6 Å². The fraction of sp³-hybridized carbons (Fsp3) is 0.556. The quantitative estimate of drug-likeness (QED) is 0.837. The van der Waals surface area contributed by atoms with Gasteiger partial charge in [-0.25, -0.2) is 5.48 Å². The minimum atomic E-state index is -0.498. The smallest absolute Gasteiger partial charge is 0.274 e. The van der Waals surface area contributed by atoms with Crippen molar-refractivity contribution >= 4 is 11.8 Å². The van der Waals surface area contributed by atoms with Crippen molar-refractivity contribution in [2.24, 2.45) is 23.5 Å². The van der Waals surface area contributed by atoms with Crippen LogP contribution in [-0.2, 0) is 4.84 Å². The van der Waals surface area contributed by atoms with Gasteiger partial charge in [0, 0.05) is 11.1 Å². The molecule has 0 saturated heterocycles. The molecule has 122 valence electrons. The summed E-state index contributed by atoms with van der Waals surface area (Å²) in [5.74, 6) is 1.55. The Morgan fingerprint density at radius 2 is 1.43 bits per heavy atom. The van der Waals surface area contributed by atoms with Crippen LogP contribution in [0, 0.1) is 17.8 Å². The molecule has 4 saturated carbocycles. The summed E-state index contributed by atoms with van der Waals surface area (Å²) in [7, 11) is 0. The third-order valence-corrected chi connectivity index (χ3v) is 5.77. The molecule has 1 aromatic rings. The number of benzene rings is 1. The van der Waals surface area contributed by atoms with Gasteiger partial charge in [-0.2, -0.15) is 0 Å². The normalized spacial score (nSPS) is 34.3. The lowest BCUT2D eigenvalue weighted by Crippen LogP contribution is -2.54. The molecule has 5 heteroatoms. The third-order valence-electron chi connectivity index (χ3n) is 5.77. The van der Waals surface area contributed by atoms with Crippen LogP contribution < -0.4 is 11.2 Å². The molecule has 0 atom stereocenters. The number of nitrogens with one attached hydrogen (secondary N) is 1. The Labute approximate surface area is 135 Å². The van der Waals surface area contributed by atoms with Crippen molar-refractivity contribution in [3.8, 4) is 0 Å². The fourth-order valence-corrected chi connectivity index (χ4v) is 5.16. The van der Waals surface area contributed by atoms with Crippen molar-refractivity contribution in [3.05, 3.63) is 35.4 Å². The third kappa shape index (κ3) is 2.74. The predicted molar refractivity (Wildman–Crippen MR) is 84.4 cm³/mol. The first kappa shape index (κ1) is 14.7. The Bertz CT molecular complexity index is 603. The maximum atomic E-state index is 12.3. The number of nitrogens with two attached hydrogens (primary N) is 1. The molecular weight excluding hydrogens is 292 g/mol. The minimum Gasteiger partial charge on any atom is -0.366 e. The monoisotopic (exact) mass is 314 g/mol. The van der Waals surface area contributed by atoms with Crippen LogP contribution in [0.4, 0.5) is 0 Å². The SMILES string of the molecule is NC(=O)c1ccc(C(=O)NOC23CC4CC(CC(C4)C2)C3)cc1. The van der Waals surface area contributed by atoms with Crippen LogP contribution in [0.3, 0.4) is 0 Å². The Balaban J connectivity index is 1.41. The van der Waals surface area contributed by atoms with E-state index in [1.807, 2.05) is 0 Å². The summed E-state index contributed by atoms with van der Waals surface area (Å²) in [6, 6.07) is 6.31. The van der Waals surface area contributed by atoms with Crippen LogP contribution in [0.15, 0.2) is 24.3 Å². The lowest BCUT2D eigenvalue weighted by atomic mass is 9.54. The number of carbonyl (C=O) groups excluding carboxylic acids is 2. The largest absolute Gasteiger partial charge is 0.366 e. The van der Waals surface area contributed by atoms with Gasteiger partial charge >= 0.3 is 0 Å². The molecule has 5 nitrogen and oxygen atoms in total. The molecule has 2 amide bonds. The maximum Gasteiger partial charge on any atom is 0.274 e. The van der Waals surface area contributed by atoms with Crippen molar-refractivity contribution in [1.29, 1.82) is 0 Å². The molecule has 0 aromatic heterocycles. The van der Waals surface area contributed by atoms with Gasteiger partial charge in [0.05, 0.1) is 5.60 Å². The minimum absolute atomic E-state index is 0.155. The molecule has 3 N–H and O–H groups in total. The van der Waals surface area contributed by atoms with Crippen molar-refractivity contribution in [3.63, 3.8) is 0 Å². The highest BCUT2D eigenvalue weighted by Gasteiger charge is 2.52. The molecule has 4 aliphatic rings. The van der Waals surface area contributed by atoms with Crippen molar-refractivity contribution < 1.29 is 14.4 Å². The molecule has 4 bridgehead atoms. The van der Waals surface area contributed by atoms with E-state index in [0.29, 0.717) is 11.1 Å². The Kier molecular flexibility index (Phi) is 3.41. The van der Waals surface area contributed by atoms with Gasteiger partial charge in [0.15, 0.2) is 0 Å². The first-order chi connectivity index (χ1) is 11.0. The van der Waals surface area contributed by atoms with E-state index in [2.05, 4.69) is 5.48 Å². The van der Waals surface area contributed by atoms with E-state index in [1.165, 1.54) is 19.3 Å². The topological polar surface area (TPSA) is 81.4 Å². The zero-order chi connectivity index (χ0) is 16.0. The van der Waals surface area contributed by atoms with Gasteiger partial charge in [0.1, 0.15) is 0 Å². The van der Waals surface area contributed by atoms with Gasteiger partial charge in [-0.15, -0.1) is 0 Å². The zero-order valence-electron chi connectivity index (χ0n) is 13.1. The molecule has 5 rings (SSSR count). The van der Waals surface area contributed by atoms with Crippen LogP contribution >= 0.6 is 0 Å². The number of hydrogen-bond donors (Lipinski definition) is 2. The van der Waals surface area contributed by atoms with Crippen molar-refractivity contribution in [2.75, 3.05) is 0 Å². The number of hydroxylamine groups is 1. The number of primary amides is 1. The van der Waals surface area contributed by atoms with Crippen LogP contribution in [0.25, 0.3) is 0 Å². The highest BCUT2D eigenvalue weighted by molar-refractivity contribution is 5.96. The molecule has 0 unspecified atom stereocenters. The summed E-state index contributed by atoms with van der Waals surface area (Å²) in [6.07, 6.45) is 7.22. The van der Waals surface area contributed by atoms with E-state index in [9.17, 15) is 9.59 Å². The van der Waals surface area contributed by atoms with Crippen molar-refractivity contribution in [1.82, 2.24) is 5.48 Å². The molecular formula is C18H22N2O3. The summed E-state index contributed by atoms with van der Waals surface area (Å²) in [5.41, 5.74) is 8.56. The van der Waals surface area contributed by atoms with Gasteiger partial charge < -0.3 is 5.73 Å². The van der Waals surface area contributed by atoms with E-state index in [1.54, 1.807) is 24.3 Å². The Hall–Kier alpha value is -1.88. The molecule has 1 aromatic carbocycles. The molecule has 4 aliphatic carbocycles. The second-order valence-electron chi connectivity index (χ2n) is 7.58. The lowest BCUT2D eigenvalue weighted by molar-refractivity contribution is -0.186. The van der Waals surface area contributed by atoms with Crippen LogP contribution in [0.5, 0.6) is 0 Å². The van der Waals surface area contributed by atoms with Gasteiger partial charge in [-0.3, -0.25) is 14.4 Å². The van der Waals surface area contributed by atoms with Crippen molar-refractivity contribution in [2.45, 2.75) is 44.1 Å². The lowest BCUT2D eigenvalue weighted by Gasteiger charge is -2.55. The number of amides is 2. The molecule has 0 heterocycles. The average Bonchev–Trinajstić information content (AvgIpc) is 2.51. The van der Waals surface area contributed by atoms with Crippen LogP contribution in [0.1, 0.15) is 59.2 Å². The van der Waals surface area contributed by atoms with Crippen LogP contribution in [0.2, 0.25) is 0 Å². The highest BCUT2D eigenvalue weighted by atomic mass is 16.7. The Morgan fingerprint density at radius 3 is 1.91 bits per heavy atom. The molecule has 4 fully saturated rings. The number of carbonyl (C=O) groups is 2. The predicted octanol–water partition coefficient (Wildman–Crippen LogP) is 2.42. The van der Waals surface area contributed by atoms with Gasteiger partial charge in [-0.1, -0.05) is 0 Å². The summed E-state index contributed by atoms with van der Waals surface area (Å²) in [6.45, 7) is 0. The number of rotatable bonds is 4. The highest BCUT2D eigenvalue weighted by Crippen LogP contribution is 2.56. The van der Waals surface area contributed by atoms with Gasteiger partial charge in [0.2, 0.25) is 5.91 Å². The van der Waals surface area contributed by atoms with E-state index >= 15 is 0 Å². The van der Waals surface area contributed by atoms with E-state index < -0.39 is 5.91 Å². The first-order valence-electron chi connectivity index (χ1n) is 8.41. The van der Waals surface area contributed by atoms with Crippen LogP contribution in [-0.4, -0.2) is 17.4 Å². The summed E-state index contributed by atoms with van der Waals surface area (Å²) in [5, 5.41) is 0. The standard InChI is InChI=1S/C18H22N2O3/c19-16(21)14-1-3-15(4-2-14)17(22)20-23-18-8-11-5-12(9-18)7-13(6-11)10-18/h1-4,11-13H,5-10H2,(H2,19,21)(H,20,22). The van der Waals surface area contributed by atoms with Gasteiger partial charge in [0.25, 0.3) is 5.91 Å². The second kappa shape index (κ2) is 5.34. The molecule has 0 aliphatic heterocycles. The first-order valence-corrected chi connectivity index (χ1v) is 8.41. The second-order valence-corrected chi connectivity index (χ2v) is 7.58. The zero-order valence-corrected chi connectivity index (χ0v) is 13.1. The maximum absolute atomic E-state index is 12.3. The summed E-state index contributed by atoms with van der Waals surface area (Å²) < 4.78 is 0. The average molecular weight is 314 g/mol. The number of hydrogen-bond acceptors (Lipinski definition) is 3. The van der Waals surface area contributed by atoms with E-state index in [-0.39, 0.29) is 11.5 Å². The summed E-state index contributed by atoms with van der Waals surface area (Å²) >= 11 is 0. The van der Waals surface area contributed by atoms with E-state index in [0.717, 1.165) is 37.0 Å². The molecule has 23 heavy (non-hydrogen) atoms. The molecule has 0 radical (unpaired) electrons. The fourth-order valence-electron chi connectivity index (χ4n) is 5.16. The Morgan fingerprint density at radius 1 is 0.957 bits per heavy atom.